The van der Waals surface area contributed by atoms with Gasteiger partial charge >= 0.3 is 6.09 Å². The number of likely N-dealkylation sites (tertiary alicyclic amines) is 1. The van der Waals surface area contributed by atoms with Crippen LogP contribution in [0.15, 0.2) is 72.4 Å². The third-order valence-corrected chi connectivity index (χ3v) is 7.16. The number of piperidine rings is 1. The van der Waals surface area contributed by atoms with Crippen molar-refractivity contribution in [2.24, 2.45) is 0 Å². The zero-order valence-electron chi connectivity index (χ0n) is 23.2. The molecule has 2 aromatic rings. The van der Waals surface area contributed by atoms with E-state index in [9.17, 15) is 14.9 Å². The van der Waals surface area contributed by atoms with Crippen molar-refractivity contribution in [1.82, 2.24) is 20.0 Å². The molecule has 0 saturated carbocycles. The fourth-order valence-corrected chi connectivity index (χ4v) is 5.14. The van der Waals surface area contributed by atoms with Crippen LogP contribution in [0, 0.1) is 11.3 Å². The Morgan fingerprint density at radius 1 is 0.897 bits per heavy atom. The van der Waals surface area contributed by atoms with Crippen molar-refractivity contribution in [3.63, 3.8) is 0 Å². The Labute approximate surface area is 231 Å². The van der Waals surface area contributed by atoms with Crippen molar-refractivity contribution in [3.8, 4) is 6.07 Å². The number of amides is 2. The molecule has 8 heteroatoms. The SMILES string of the molecule is CC(C)(C)OC(=O)N1CCC(N/C=C(/C#N)C(=O)N2CCN(C(c3ccccc3)c3ccccc3)CC2)CC1. The number of nitrogens with zero attached hydrogens (tertiary/aromatic N) is 4. The minimum absolute atomic E-state index is 0.0918. The third-order valence-electron chi connectivity index (χ3n) is 7.16. The summed E-state index contributed by atoms with van der Waals surface area (Å²) in [5.41, 5.74) is 2.04. The summed E-state index contributed by atoms with van der Waals surface area (Å²) in [6.45, 7) is 9.26. The van der Waals surface area contributed by atoms with E-state index in [1.165, 1.54) is 11.1 Å². The van der Waals surface area contributed by atoms with Crippen molar-refractivity contribution < 1.29 is 14.3 Å². The number of carbonyl (C=O) groups is 2. The summed E-state index contributed by atoms with van der Waals surface area (Å²) in [7, 11) is 0. The molecule has 0 aromatic heterocycles. The number of nitrogens with one attached hydrogen (secondary N) is 1. The van der Waals surface area contributed by atoms with Crippen LogP contribution in [0.2, 0.25) is 0 Å². The molecular formula is C31H39N5O3. The van der Waals surface area contributed by atoms with Crippen molar-refractivity contribution in [1.29, 1.82) is 5.26 Å². The minimum atomic E-state index is -0.521. The average Bonchev–Trinajstić information content (AvgIpc) is 2.94. The van der Waals surface area contributed by atoms with Crippen LogP contribution in [0.25, 0.3) is 0 Å². The van der Waals surface area contributed by atoms with Crippen LogP contribution in [-0.2, 0) is 9.53 Å². The van der Waals surface area contributed by atoms with Gasteiger partial charge in [0.05, 0.1) is 6.04 Å². The van der Waals surface area contributed by atoms with Crippen LogP contribution < -0.4 is 5.32 Å². The van der Waals surface area contributed by atoms with Gasteiger partial charge in [0.1, 0.15) is 17.2 Å². The second kappa shape index (κ2) is 12.8. The molecule has 0 aliphatic carbocycles. The maximum atomic E-state index is 13.2. The molecule has 0 radical (unpaired) electrons. The van der Waals surface area contributed by atoms with Crippen LogP contribution in [0.3, 0.4) is 0 Å². The Morgan fingerprint density at radius 2 is 1.44 bits per heavy atom. The minimum Gasteiger partial charge on any atom is -0.444 e. The first-order valence-electron chi connectivity index (χ1n) is 13.7. The fraction of sp³-hybridized carbons (Fsp3) is 0.452. The van der Waals surface area contributed by atoms with Crippen molar-refractivity contribution in [2.75, 3.05) is 39.3 Å². The summed E-state index contributed by atoms with van der Waals surface area (Å²) in [6.07, 6.45) is 2.70. The summed E-state index contributed by atoms with van der Waals surface area (Å²) in [5, 5.41) is 13.0. The second-order valence-electron chi connectivity index (χ2n) is 11.1. The van der Waals surface area contributed by atoms with Gasteiger partial charge in [-0.2, -0.15) is 5.26 Å². The van der Waals surface area contributed by atoms with E-state index in [1.807, 2.05) is 32.9 Å². The van der Waals surface area contributed by atoms with Gasteiger partial charge in [-0.05, 0) is 44.7 Å². The lowest BCUT2D eigenvalue weighted by Crippen LogP contribution is -2.50. The van der Waals surface area contributed by atoms with Gasteiger partial charge in [0.15, 0.2) is 0 Å². The highest BCUT2D eigenvalue weighted by Gasteiger charge is 2.30. The Hall–Kier alpha value is -3.83. The number of hydrogen-bond acceptors (Lipinski definition) is 6. The molecule has 206 valence electrons. The maximum Gasteiger partial charge on any atom is 0.410 e. The zero-order valence-corrected chi connectivity index (χ0v) is 23.2. The molecule has 2 fully saturated rings. The zero-order chi connectivity index (χ0) is 27.8. The van der Waals surface area contributed by atoms with E-state index in [1.54, 1.807) is 16.0 Å². The molecule has 39 heavy (non-hydrogen) atoms. The molecule has 8 nitrogen and oxygen atoms in total. The molecule has 2 heterocycles. The third kappa shape index (κ3) is 7.61. The maximum absolute atomic E-state index is 13.2. The van der Waals surface area contributed by atoms with Crippen LogP contribution in [0.1, 0.15) is 50.8 Å². The summed E-state index contributed by atoms with van der Waals surface area (Å²) < 4.78 is 5.46. The number of rotatable bonds is 6. The molecule has 4 rings (SSSR count). The molecule has 2 aliphatic heterocycles. The van der Waals surface area contributed by atoms with Crippen molar-refractivity contribution in [2.45, 2.75) is 51.3 Å². The largest absolute Gasteiger partial charge is 0.444 e. The van der Waals surface area contributed by atoms with Gasteiger partial charge in [-0.25, -0.2) is 4.79 Å². The number of piperazine rings is 1. The van der Waals surface area contributed by atoms with Crippen LogP contribution in [0.5, 0.6) is 0 Å². The molecule has 2 aliphatic rings. The van der Waals surface area contributed by atoms with E-state index in [-0.39, 0.29) is 29.7 Å². The molecular weight excluding hydrogens is 490 g/mol. The fourth-order valence-electron chi connectivity index (χ4n) is 5.14. The van der Waals surface area contributed by atoms with Gasteiger partial charge in [-0.1, -0.05) is 60.7 Å². The van der Waals surface area contributed by atoms with Gasteiger partial charge in [0, 0.05) is 51.5 Å². The quantitative estimate of drug-likeness (QED) is 0.443. The van der Waals surface area contributed by atoms with Gasteiger partial charge in [0.2, 0.25) is 0 Å². The standard InChI is InChI=1S/C31H39N5O3/c1-31(2,3)39-30(38)36-16-14-27(15-17-36)33-23-26(22-32)29(37)35-20-18-34(19-21-35)28(24-10-6-4-7-11-24)25-12-8-5-9-13-25/h4-13,23,27-28,33H,14-21H2,1-3H3/b26-23-. The predicted molar refractivity (Wildman–Crippen MR) is 151 cm³/mol. The molecule has 1 N–H and O–H groups in total. The summed E-state index contributed by atoms with van der Waals surface area (Å²) in [4.78, 5) is 31.4. The monoisotopic (exact) mass is 529 g/mol. The highest BCUT2D eigenvalue weighted by molar-refractivity contribution is 5.97. The van der Waals surface area contributed by atoms with E-state index >= 15 is 0 Å². The van der Waals surface area contributed by atoms with E-state index in [0.29, 0.717) is 26.2 Å². The van der Waals surface area contributed by atoms with Gasteiger partial charge < -0.3 is 19.9 Å². The lowest BCUT2D eigenvalue weighted by Gasteiger charge is -2.39. The first kappa shape index (κ1) is 28.2. The van der Waals surface area contributed by atoms with Crippen molar-refractivity contribution in [3.05, 3.63) is 83.6 Å². The normalized spacial score (nSPS) is 17.6. The number of hydrogen-bond donors (Lipinski definition) is 1. The van der Waals surface area contributed by atoms with Gasteiger partial charge in [0.25, 0.3) is 5.91 Å². The number of ether oxygens (including phenoxy) is 1. The Balaban J connectivity index is 1.32. The van der Waals surface area contributed by atoms with Crippen LogP contribution in [0.4, 0.5) is 4.79 Å². The second-order valence-corrected chi connectivity index (χ2v) is 11.1. The molecule has 0 unspecified atom stereocenters. The van der Waals surface area contributed by atoms with Gasteiger partial charge in [-0.3, -0.25) is 9.69 Å². The van der Waals surface area contributed by atoms with E-state index in [0.717, 1.165) is 25.9 Å². The Bertz CT molecular complexity index is 1130. The molecule has 2 aromatic carbocycles. The van der Waals surface area contributed by atoms with E-state index in [4.69, 9.17) is 4.74 Å². The Kier molecular flexibility index (Phi) is 9.26. The molecule has 0 atom stereocenters. The average molecular weight is 530 g/mol. The Morgan fingerprint density at radius 3 is 1.92 bits per heavy atom. The summed E-state index contributed by atoms with van der Waals surface area (Å²) >= 11 is 0. The molecule has 2 saturated heterocycles. The number of benzene rings is 2. The summed E-state index contributed by atoms with van der Waals surface area (Å²) in [6, 6.07) is 23.2. The lowest BCUT2D eigenvalue weighted by molar-refractivity contribution is -0.128. The molecule has 0 spiro atoms. The first-order valence-corrected chi connectivity index (χ1v) is 13.7. The molecule has 2 amide bonds. The molecule has 0 bridgehead atoms. The van der Waals surface area contributed by atoms with E-state index in [2.05, 4.69) is 64.8 Å². The summed E-state index contributed by atoms with van der Waals surface area (Å²) in [5.74, 6) is -0.244. The highest BCUT2D eigenvalue weighted by atomic mass is 16.6. The highest BCUT2D eigenvalue weighted by Crippen LogP contribution is 2.29. The van der Waals surface area contributed by atoms with Gasteiger partial charge in [-0.15, -0.1) is 0 Å². The van der Waals surface area contributed by atoms with Crippen molar-refractivity contribution >= 4 is 12.0 Å². The van der Waals surface area contributed by atoms with E-state index < -0.39 is 5.60 Å². The predicted octanol–water partition coefficient (Wildman–Crippen LogP) is 4.32. The van der Waals surface area contributed by atoms with Crippen LogP contribution >= 0.6 is 0 Å². The topological polar surface area (TPSA) is 88.9 Å². The smallest absolute Gasteiger partial charge is 0.410 e. The van der Waals surface area contributed by atoms with Crippen LogP contribution in [-0.4, -0.2) is 77.6 Å². The first-order chi connectivity index (χ1) is 18.7. The number of carbonyl (C=O) groups excluding carboxylic acids is 2. The number of nitriles is 1. The lowest BCUT2D eigenvalue weighted by atomic mass is 9.96.